The van der Waals surface area contributed by atoms with E-state index in [0.717, 1.165) is 16.6 Å². The highest BCUT2D eigenvalue weighted by Crippen LogP contribution is 2.40. The van der Waals surface area contributed by atoms with Crippen LogP contribution in [0, 0.1) is 12.7 Å². The zero-order valence-corrected chi connectivity index (χ0v) is 14.6. The maximum absolute atomic E-state index is 13.9. The van der Waals surface area contributed by atoms with Gasteiger partial charge in [0.05, 0.1) is 11.2 Å². The van der Waals surface area contributed by atoms with Gasteiger partial charge in [0.25, 0.3) is 0 Å². The highest BCUT2D eigenvalue weighted by Gasteiger charge is 2.52. The Balaban J connectivity index is 1.67. The number of aliphatic hydroxyl groups is 1. The SMILES string of the molecule is Cc1cc2c(cc1F)C(=O)[C@]1(O)CCN(c3ccc4ncccc4c3)C1=N2. The molecule has 2 aliphatic heterocycles. The van der Waals surface area contributed by atoms with E-state index in [1.165, 1.54) is 6.07 Å². The Kier molecular flexibility index (Phi) is 3.24. The van der Waals surface area contributed by atoms with Crippen LogP contribution in [0.3, 0.4) is 0 Å². The molecule has 27 heavy (non-hydrogen) atoms. The van der Waals surface area contributed by atoms with Crippen molar-refractivity contribution in [3.8, 4) is 0 Å². The van der Waals surface area contributed by atoms with Gasteiger partial charge in [-0.2, -0.15) is 0 Å². The molecule has 1 N–H and O–H groups in total. The minimum atomic E-state index is -1.72. The molecule has 1 fully saturated rings. The summed E-state index contributed by atoms with van der Waals surface area (Å²) < 4.78 is 13.9. The van der Waals surface area contributed by atoms with E-state index >= 15 is 0 Å². The topological polar surface area (TPSA) is 65.8 Å². The van der Waals surface area contributed by atoms with Gasteiger partial charge in [0.15, 0.2) is 5.60 Å². The number of amidine groups is 1. The van der Waals surface area contributed by atoms with E-state index in [-0.39, 0.29) is 12.0 Å². The minimum absolute atomic E-state index is 0.133. The van der Waals surface area contributed by atoms with E-state index in [4.69, 9.17) is 0 Å². The summed E-state index contributed by atoms with van der Waals surface area (Å²) in [6.45, 7) is 2.08. The van der Waals surface area contributed by atoms with Crippen LogP contribution < -0.4 is 4.90 Å². The van der Waals surface area contributed by atoms with E-state index in [2.05, 4.69) is 9.98 Å². The molecule has 0 bridgehead atoms. The van der Waals surface area contributed by atoms with Crippen molar-refractivity contribution in [1.82, 2.24) is 4.98 Å². The van der Waals surface area contributed by atoms with Gasteiger partial charge in [0.1, 0.15) is 11.7 Å². The van der Waals surface area contributed by atoms with Crippen LogP contribution in [-0.4, -0.2) is 33.9 Å². The Labute approximate surface area is 154 Å². The Morgan fingerprint density at radius 1 is 1.22 bits per heavy atom. The summed E-state index contributed by atoms with van der Waals surface area (Å²) in [4.78, 5) is 23.7. The minimum Gasteiger partial charge on any atom is -0.374 e. The molecule has 134 valence electrons. The van der Waals surface area contributed by atoms with E-state index in [0.29, 0.717) is 23.6 Å². The van der Waals surface area contributed by atoms with Crippen LogP contribution in [0.15, 0.2) is 53.7 Å². The second-order valence-corrected chi connectivity index (χ2v) is 7.03. The predicted molar refractivity (Wildman–Crippen MR) is 101 cm³/mol. The van der Waals surface area contributed by atoms with E-state index < -0.39 is 17.2 Å². The molecule has 0 radical (unpaired) electrons. The molecule has 1 aromatic heterocycles. The Bertz CT molecular complexity index is 1160. The molecule has 3 aromatic rings. The van der Waals surface area contributed by atoms with Gasteiger partial charge in [0.2, 0.25) is 5.78 Å². The molecule has 0 aliphatic carbocycles. The summed E-state index contributed by atoms with van der Waals surface area (Å²) in [7, 11) is 0. The summed E-state index contributed by atoms with van der Waals surface area (Å²) in [5.41, 5.74) is 0.923. The van der Waals surface area contributed by atoms with Crippen molar-refractivity contribution in [2.75, 3.05) is 11.4 Å². The van der Waals surface area contributed by atoms with Gasteiger partial charge in [0, 0.05) is 35.8 Å². The normalized spacial score (nSPS) is 21.2. The number of benzene rings is 2. The number of fused-ring (bicyclic) bond motifs is 3. The number of carbonyl (C=O) groups excluding carboxylic acids is 1. The van der Waals surface area contributed by atoms with Gasteiger partial charge < -0.3 is 10.0 Å². The first-order valence-electron chi connectivity index (χ1n) is 8.76. The fourth-order valence-corrected chi connectivity index (χ4v) is 3.84. The van der Waals surface area contributed by atoms with Crippen LogP contribution >= 0.6 is 0 Å². The lowest BCUT2D eigenvalue weighted by Gasteiger charge is -2.30. The van der Waals surface area contributed by atoms with Crippen LogP contribution in [0.5, 0.6) is 0 Å². The lowest BCUT2D eigenvalue weighted by atomic mass is 9.87. The molecular formula is C21H16FN3O2. The van der Waals surface area contributed by atoms with Crippen molar-refractivity contribution in [3.63, 3.8) is 0 Å². The zero-order valence-electron chi connectivity index (χ0n) is 14.6. The molecule has 5 nitrogen and oxygen atoms in total. The number of aromatic nitrogens is 1. The van der Waals surface area contributed by atoms with E-state index in [1.807, 2.05) is 35.2 Å². The quantitative estimate of drug-likeness (QED) is 0.720. The first-order valence-corrected chi connectivity index (χ1v) is 8.76. The molecular weight excluding hydrogens is 345 g/mol. The standard InChI is InChI=1S/C21H16FN3O2/c1-12-9-18-15(11-16(12)22)19(26)21(27)6-8-25(20(21)24-18)14-4-5-17-13(10-14)3-2-7-23-17/h2-5,7,9-11,27H,6,8H2,1H3/t21-/m1/s1. The van der Waals surface area contributed by atoms with Crippen LogP contribution in [0.1, 0.15) is 22.3 Å². The molecule has 0 spiro atoms. The Morgan fingerprint density at radius 3 is 2.93 bits per heavy atom. The fourth-order valence-electron chi connectivity index (χ4n) is 3.84. The number of anilines is 1. The monoisotopic (exact) mass is 361 g/mol. The van der Waals surface area contributed by atoms with Crippen molar-refractivity contribution in [2.45, 2.75) is 18.9 Å². The Morgan fingerprint density at radius 2 is 2.07 bits per heavy atom. The highest BCUT2D eigenvalue weighted by molar-refractivity contribution is 6.28. The summed E-state index contributed by atoms with van der Waals surface area (Å²) in [5.74, 6) is -0.665. The first kappa shape index (κ1) is 16.1. The number of hydrogen-bond donors (Lipinski definition) is 1. The molecule has 3 heterocycles. The maximum Gasteiger partial charge on any atom is 0.204 e. The lowest BCUT2D eigenvalue weighted by molar-refractivity contribution is 0.0601. The smallest absolute Gasteiger partial charge is 0.204 e. The van der Waals surface area contributed by atoms with Crippen LogP contribution in [-0.2, 0) is 0 Å². The fraction of sp³-hybridized carbons (Fsp3) is 0.190. The number of halogens is 1. The predicted octanol–water partition coefficient (Wildman–Crippen LogP) is 3.55. The van der Waals surface area contributed by atoms with Gasteiger partial charge in [-0.15, -0.1) is 0 Å². The number of carbonyl (C=O) groups is 1. The molecule has 5 rings (SSSR count). The number of aryl methyl sites for hydroxylation is 1. The highest BCUT2D eigenvalue weighted by atomic mass is 19.1. The van der Waals surface area contributed by atoms with Gasteiger partial charge in [-0.25, -0.2) is 9.38 Å². The average molecular weight is 361 g/mol. The maximum atomic E-state index is 13.9. The van der Waals surface area contributed by atoms with E-state index in [1.54, 1.807) is 19.2 Å². The second-order valence-electron chi connectivity index (χ2n) is 7.03. The number of nitrogens with zero attached hydrogens (tertiary/aromatic N) is 3. The van der Waals surface area contributed by atoms with Gasteiger partial charge >= 0.3 is 0 Å². The third-order valence-corrected chi connectivity index (χ3v) is 5.34. The lowest BCUT2D eigenvalue weighted by Crippen LogP contribution is -2.48. The van der Waals surface area contributed by atoms with Crippen molar-refractivity contribution in [3.05, 3.63) is 65.6 Å². The number of Topliss-reactive ketones (excluding diaryl/α,β-unsaturated/α-hetero) is 1. The summed E-state index contributed by atoms with van der Waals surface area (Å²) in [6, 6.07) is 12.3. The molecule has 1 atom stereocenters. The van der Waals surface area contributed by atoms with Crippen molar-refractivity contribution >= 4 is 33.9 Å². The number of hydrogen-bond acceptors (Lipinski definition) is 5. The first-order chi connectivity index (χ1) is 13.0. The molecule has 0 unspecified atom stereocenters. The number of pyridine rings is 1. The molecule has 2 aromatic carbocycles. The van der Waals surface area contributed by atoms with Gasteiger partial charge in [-0.3, -0.25) is 9.78 Å². The number of aliphatic imine (C=N–C) groups is 1. The molecule has 2 aliphatic rings. The molecule has 0 amide bonds. The van der Waals surface area contributed by atoms with Gasteiger partial charge in [-0.05, 0) is 48.9 Å². The third-order valence-electron chi connectivity index (χ3n) is 5.34. The van der Waals surface area contributed by atoms with Crippen molar-refractivity contribution < 1.29 is 14.3 Å². The van der Waals surface area contributed by atoms with Crippen LogP contribution in [0.4, 0.5) is 15.8 Å². The van der Waals surface area contributed by atoms with Crippen LogP contribution in [0.25, 0.3) is 10.9 Å². The number of rotatable bonds is 1. The van der Waals surface area contributed by atoms with Crippen molar-refractivity contribution in [1.29, 1.82) is 0 Å². The average Bonchev–Trinajstić information content (AvgIpc) is 3.01. The molecule has 6 heteroatoms. The zero-order chi connectivity index (χ0) is 18.8. The van der Waals surface area contributed by atoms with Crippen LogP contribution in [0.2, 0.25) is 0 Å². The number of ketones is 1. The summed E-state index contributed by atoms with van der Waals surface area (Å²) in [6.07, 6.45) is 1.95. The summed E-state index contributed by atoms with van der Waals surface area (Å²) >= 11 is 0. The third kappa shape index (κ3) is 2.23. The summed E-state index contributed by atoms with van der Waals surface area (Å²) in [5, 5.41) is 12.0. The van der Waals surface area contributed by atoms with Gasteiger partial charge in [-0.1, -0.05) is 6.07 Å². The molecule has 1 saturated heterocycles. The molecule has 0 saturated carbocycles. The largest absolute Gasteiger partial charge is 0.374 e. The van der Waals surface area contributed by atoms with Crippen molar-refractivity contribution in [2.24, 2.45) is 4.99 Å². The van der Waals surface area contributed by atoms with E-state index in [9.17, 15) is 14.3 Å². The Hall–Kier alpha value is -3.12. The second kappa shape index (κ2) is 5.44.